The van der Waals surface area contributed by atoms with Crippen LogP contribution in [0.3, 0.4) is 0 Å². The van der Waals surface area contributed by atoms with Crippen molar-refractivity contribution in [3.63, 3.8) is 0 Å². The topological polar surface area (TPSA) is 78.8 Å². The summed E-state index contributed by atoms with van der Waals surface area (Å²) >= 11 is 0. The fraction of sp³-hybridized carbons (Fsp3) is 0.562. The van der Waals surface area contributed by atoms with Crippen LogP contribution in [0.15, 0.2) is 24.3 Å². The van der Waals surface area contributed by atoms with Crippen LogP contribution in [0, 0.1) is 0 Å². The molecule has 1 amide bonds. The number of benzene rings is 1. The first-order valence-electron chi connectivity index (χ1n) is 7.55. The van der Waals surface area contributed by atoms with Crippen LogP contribution in [0.1, 0.15) is 24.2 Å². The van der Waals surface area contributed by atoms with Gasteiger partial charge in [-0.05, 0) is 24.1 Å². The van der Waals surface area contributed by atoms with E-state index in [1.165, 1.54) is 0 Å². The van der Waals surface area contributed by atoms with Crippen molar-refractivity contribution in [3.05, 3.63) is 35.4 Å². The largest absolute Gasteiger partial charge is 0.450 e. The fourth-order valence-electron chi connectivity index (χ4n) is 2.71. The number of hydrogen-bond donors (Lipinski definition) is 3. The van der Waals surface area contributed by atoms with Crippen molar-refractivity contribution in [2.24, 2.45) is 0 Å². The second-order valence-corrected chi connectivity index (χ2v) is 12.9. The molecule has 1 aromatic carbocycles. The Balaban J connectivity index is 2.07. The van der Waals surface area contributed by atoms with Gasteiger partial charge in [0.25, 0.3) is 0 Å². The van der Waals surface area contributed by atoms with Gasteiger partial charge in [0.2, 0.25) is 0 Å². The Labute approximate surface area is 132 Å². The zero-order valence-corrected chi connectivity index (χ0v) is 14.6. The molecule has 5 nitrogen and oxygen atoms in total. The van der Waals surface area contributed by atoms with E-state index in [1.807, 2.05) is 6.07 Å². The van der Waals surface area contributed by atoms with E-state index >= 15 is 0 Å². The summed E-state index contributed by atoms with van der Waals surface area (Å²) in [6.45, 7) is 8.71. The highest BCUT2D eigenvalue weighted by molar-refractivity contribution is 6.76. The summed E-state index contributed by atoms with van der Waals surface area (Å²) in [4.78, 5) is 12.0. The van der Waals surface area contributed by atoms with Gasteiger partial charge in [-0.3, -0.25) is 0 Å². The van der Waals surface area contributed by atoms with Crippen LogP contribution in [0.4, 0.5) is 4.79 Å². The number of aliphatic hydroxyl groups excluding tert-OH is 2. The minimum atomic E-state index is -1.26. The lowest BCUT2D eigenvalue weighted by Gasteiger charge is -2.31. The number of carbonyl (C=O) groups excluding carboxylic acids is 1. The van der Waals surface area contributed by atoms with E-state index in [-0.39, 0.29) is 0 Å². The van der Waals surface area contributed by atoms with Crippen LogP contribution in [-0.2, 0) is 10.3 Å². The molecule has 3 N–H and O–H groups in total. The second-order valence-electron chi connectivity index (χ2n) is 7.25. The van der Waals surface area contributed by atoms with Gasteiger partial charge in [-0.15, -0.1) is 0 Å². The van der Waals surface area contributed by atoms with Crippen LogP contribution in [0.25, 0.3) is 0 Å². The van der Waals surface area contributed by atoms with Crippen molar-refractivity contribution in [1.29, 1.82) is 0 Å². The predicted molar refractivity (Wildman–Crippen MR) is 87.4 cm³/mol. The van der Waals surface area contributed by atoms with Crippen LogP contribution in [-0.4, -0.2) is 37.1 Å². The predicted octanol–water partition coefficient (Wildman–Crippen LogP) is 2.37. The monoisotopic (exact) mass is 323 g/mol. The molecule has 22 heavy (non-hydrogen) atoms. The molecule has 122 valence electrons. The van der Waals surface area contributed by atoms with Gasteiger partial charge in [-0.25, -0.2) is 4.79 Å². The first-order valence-corrected chi connectivity index (χ1v) is 11.3. The molecule has 0 spiro atoms. The molecule has 0 fully saturated rings. The van der Waals surface area contributed by atoms with Crippen molar-refractivity contribution >= 4 is 14.2 Å². The molecular formula is C16H25NO4Si. The molecule has 3 atom stereocenters. The molecule has 0 radical (unpaired) electrons. The van der Waals surface area contributed by atoms with Gasteiger partial charge in [0.1, 0.15) is 12.2 Å². The van der Waals surface area contributed by atoms with Crippen LogP contribution in [0.2, 0.25) is 25.7 Å². The van der Waals surface area contributed by atoms with Crippen molar-refractivity contribution in [1.82, 2.24) is 5.32 Å². The third-order valence-electron chi connectivity index (χ3n) is 4.18. The highest BCUT2D eigenvalue weighted by Crippen LogP contribution is 2.43. The van der Waals surface area contributed by atoms with Gasteiger partial charge in [-0.2, -0.15) is 0 Å². The Morgan fingerprint density at radius 2 is 1.95 bits per heavy atom. The SMILES string of the molecule is C[C@@]1(NC(=O)OCC[Si](C)(C)C)c2ccccc2[C@@H](O)[C@@H]1O. The van der Waals surface area contributed by atoms with E-state index in [0.717, 1.165) is 11.6 Å². The van der Waals surface area contributed by atoms with Gasteiger partial charge in [-0.1, -0.05) is 43.9 Å². The maximum absolute atomic E-state index is 12.0. The fourth-order valence-corrected chi connectivity index (χ4v) is 3.43. The van der Waals surface area contributed by atoms with E-state index < -0.39 is 31.9 Å². The molecule has 1 aromatic rings. The number of aliphatic hydroxyl groups is 2. The van der Waals surface area contributed by atoms with Crippen molar-refractivity contribution in [2.45, 2.75) is 50.4 Å². The molecule has 1 aliphatic rings. The number of nitrogens with one attached hydrogen (secondary N) is 1. The molecule has 6 heteroatoms. The molecule has 2 rings (SSSR count). The smallest absolute Gasteiger partial charge is 0.407 e. The number of ether oxygens (including phenoxy) is 1. The average Bonchev–Trinajstić information content (AvgIpc) is 2.60. The van der Waals surface area contributed by atoms with Crippen LogP contribution < -0.4 is 5.32 Å². The lowest BCUT2D eigenvalue weighted by Crippen LogP contribution is -2.50. The molecule has 1 aliphatic carbocycles. The number of alkyl carbamates (subject to hydrolysis) is 1. The molecule has 0 aliphatic heterocycles. The average molecular weight is 323 g/mol. The normalized spacial score (nSPS) is 27.4. The summed E-state index contributed by atoms with van der Waals surface area (Å²) in [5.41, 5.74) is 0.309. The van der Waals surface area contributed by atoms with Crippen molar-refractivity contribution < 1.29 is 19.7 Å². The Hall–Kier alpha value is -1.37. The standard InChI is InChI=1S/C16H25NO4Si/c1-16(17-15(20)21-9-10-22(2,3)4)12-8-6-5-7-11(12)13(18)14(16)19/h5-8,13-14,18-19H,9-10H2,1-4H3,(H,17,20)/t13-,14+,16-/m1/s1. The minimum absolute atomic E-state index is 0.373. The molecule has 0 aromatic heterocycles. The van der Waals surface area contributed by atoms with E-state index in [4.69, 9.17) is 4.74 Å². The summed E-state index contributed by atoms with van der Waals surface area (Å²) in [5.74, 6) is 0. The summed E-state index contributed by atoms with van der Waals surface area (Å²) in [5, 5.41) is 23.2. The molecule has 0 heterocycles. The first-order chi connectivity index (χ1) is 10.1. The highest BCUT2D eigenvalue weighted by atomic mass is 28.3. The first kappa shape index (κ1) is 17.0. The molecule has 0 saturated carbocycles. The van der Waals surface area contributed by atoms with E-state index in [0.29, 0.717) is 12.2 Å². The second kappa shape index (κ2) is 6.02. The van der Waals surface area contributed by atoms with Crippen molar-refractivity contribution in [2.75, 3.05) is 6.61 Å². The number of amides is 1. The molecule has 0 unspecified atom stereocenters. The summed E-state index contributed by atoms with van der Waals surface area (Å²) in [6, 6.07) is 8.07. The highest BCUT2D eigenvalue weighted by Gasteiger charge is 2.49. The van der Waals surface area contributed by atoms with E-state index in [9.17, 15) is 15.0 Å². The number of carbonyl (C=O) groups is 1. The minimum Gasteiger partial charge on any atom is -0.450 e. The summed E-state index contributed by atoms with van der Waals surface area (Å²) < 4.78 is 5.24. The third kappa shape index (κ3) is 3.34. The Morgan fingerprint density at radius 3 is 2.59 bits per heavy atom. The zero-order chi connectivity index (χ0) is 16.5. The van der Waals surface area contributed by atoms with Crippen molar-refractivity contribution in [3.8, 4) is 0 Å². The quantitative estimate of drug-likeness (QED) is 0.743. The number of hydrogen-bond acceptors (Lipinski definition) is 4. The lowest BCUT2D eigenvalue weighted by atomic mass is 9.92. The van der Waals surface area contributed by atoms with Crippen LogP contribution >= 0.6 is 0 Å². The third-order valence-corrected chi connectivity index (χ3v) is 5.88. The maximum atomic E-state index is 12.0. The molecule has 0 saturated heterocycles. The zero-order valence-electron chi connectivity index (χ0n) is 13.6. The lowest BCUT2D eigenvalue weighted by molar-refractivity contribution is -0.0202. The van der Waals surface area contributed by atoms with E-state index in [2.05, 4.69) is 25.0 Å². The molecule has 0 bridgehead atoms. The van der Waals surface area contributed by atoms with E-state index in [1.54, 1.807) is 25.1 Å². The Morgan fingerprint density at radius 1 is 1.32 bits per heavy atom. The van der Waals surface area contributed by atoms with Crippen LogP contribution in [0.5, 0.6) is 0 Å². The number of rotatable bonds is 4. The van der Waals surface area contributed by atoms with Gasteiger partial charge >= 0.3 is 6.09 Å². The number of fused-ring (bicyclic) bond motifs is 1. The van der Waals surface area contributed by atoms with Gasteiger partial charge in [0.05, 0.1) is 12.1 Å². The maximum Gasteiger partial charge on any atom is 0.407 e. The Bertz CT molecular complexity index is 557. The molecular weight excluding hydrogens is 298 g/mol. The van der Waals surface area contributed by atoms with Gasteiger partial charge < -0.3 is 20.3 Å². The van der Waals surface area contributed by atoms with Gasteiger partial charge in [0.15, 0.2) is 0 Å². The Kier molecular flexibility index (Phi) is 4.65. The van der Waals surface area contributed by atoms with Gasteiger partial charge in [0, 0.05) is 8.07 Å². The summed E-state index contributed by atoms with van der Waals surface area (Å²) in [6.07, 6.45) is -2.68. The summed E-state index contributed by atoms with van der Waals surface area (Å²) in [7, 11) is -1.26.